The first-order valence-electron chi connectivity index (χ1n) is 4.18. The van der Waals surface area contributed by atoms with Gasteiger partial charge in [-0.15, -0.1) is 0 Å². The average Bonchev–Trinajstić information content (AvgIpc) is 2.12. The fourth-order valence-electron chi connectivity index (χ4n) is 0.833. The van der Waals surface area contributed by atoms with E-state index in [1.54, 1.807) is 0 Å². The lowest BCUT2D eigenvalue weighted by Crippen LogP contribution is -2.28. The van der Waals surface area contributed by atoms with Crippen molar-refractivity contribution >= 4 is 11.6 Å². The van der Waals surface area contributed by atoms with Crippen LogP contribution in [0.15, 0.2) is 18.3 Å². The summed E-state index contributed by atoms with van der Waals surface area (Å²) in [7, 11) is 0. The topological polar surface area (TPSA) is 22.1 Å². The normalized spacial score (nSPS) is 13.9. The number of pyridine rings is 1. The van der Waals surface area contributed by atoms with Crippen LogP contribution in [0, 0.1) is 0 Å². The third-order valence-electron chi connectivity index (χ3n) is 1.72. The summed E-state index contributed by atoms with van der Waals surface area (Å²) >= 11 is 5.63. The minimum absolute atomic E-state index is 0.207. The Labute approximate surface area is 90.0 Å². The SMILES string of the molecule is CC(OCc1cc(Cl)ccn1)C(F)(F)F. The summed E-state index contributed by atoms with van der Waals surface area (Å²) in [5, 5.41) is 0.420. The van der Waals surface area contributed by atoms with E-state index in [9.17, 15) is 13.2 Å². The molecule has 0 amide bonds. The third kappa shape index (κ3) is 4.05. The summed E-state index contributed by atoms with van der Waals surface area (Å²) in [6, 6.07) is 3.00. The maximum absolute atomic E-state index is 12.1. The summed E-state index contributed by atoms with van der Waals surface area (Å²) in [4.78, 5) is 3.82. The minimum atomic E-state index is -4.35. The molecule has 1 aromatic rings. The van der Waals surface area contributed by atoms with Crippen molar-refractivity contribution in [3.8, 4) is 0 Å². The van der Waals surface area contributed by atoms with Gasteiger partial charge in [-0.05, 0) is 19.1 Å². The van der Waals surface area contributed by atoms with Gasteiger partial charge in [0.15, 0.2) is 6.10 Å². The molecule has 0 radical (unpaired) electrons. The number of hydrogen-bond acceptors (Lipinski definition) is 2. The van der Waals surface area contributed by atoms with Crippen LogP contribution in [0.5, 0.6) is 0 Å². The fourth-order valence-corrected chi connectivity index (χ4v) is 1.01. The monoisotopic (exact) mass is 239 g/mol. The minimum Gasteiger partial charge on any atom is -0.363 e. The molecule has 0 bridgehead atoms. The van der Waals surface area contributed by atoms with E-state index in [2.05, 4.69) is 9.72 Å². The molecule has 15 heavy (non-hydrogen) atoms. The summed E-state index contributed by atoms with van der Waals surface area (Å²) in [6.45, 7) is 0.742. The average molecular weight is 240 g/mol. The Hall–Kier alpha value is -0.810. The van der Waals surface area contributed by atoms with Crippen LogP contribution < -0.4 is 0 Å². The Morgan fingerprint density at radius 3 is 2.73 bits per heavy atom. The van der Waals surface area contributed by atoms with Crippen molar-refractivity contribution in [3.63, 3.8) is 0 Å². The molecule has 0 saturated heterocycles. The smallest absolute Gasteiger partial charge is 0.363 e. The molecule has 0 fully saturated rings. The van der Waals surface area contributed by atoms with E-state index in [1.807, 2.05) is 0 Å². The Balaban J connectivity index is 2.51. The van der Waals surface area contributed by atoms with Crippen LogP contribution >= 0.6 is 11.6 Å². The number of nitrogens with zero attached hydrogens (tertiary/aromatic N) is 1. The number of alkyl halides is 3. The molecule has 0 aliphatic heterocycles. The van der Waals surface area contributed by atoms with E-state index in [0.717, 1.165) is 6.92 Å². The van der Waals surface area contributed by atoms with E-state index in [4.69, 9.17) is 11.6 Å². The third-order valence-corrected chi connectivity index (χ3v) is 1.96. The first kappa shape index (κ1) is 12.3. The van der Waals surface area contributed by atoms with Crippen molar-refractivity contribution in [1.82, 2.24) is 4.98 Å². The summed E-state index contributed by atoms with van der Waals surface area (Å²) in [5.41, 5.74) is 0.374. The van der Waals surface area contributed by atoms with Gasteiger partial charge in [0.1, 0.15) is 0 Å². The molecule has 1 unspecified atom stereocenters. The first-order valence-corrected chi connectivity index (χ1v) is 4.56. The molecular weight excluding hydrogens is 231 g/mol. The largest absolute Gasteiger partial charge is 0.414 e. The molecule has 0 N–H and O–H groups in total. The van der Waals surface area contributed by atoms with Crippen LogP contribution in [0.2, 0.25) is 5.02 Å². The zero-order valence-electron chi connectivity index (χ0n) is 7.88. The van der Waals surface area contributed by atoms with Crippen molar-refractivity contribution in [3.05, 3.63) is 29.0 Å². The maximum Gasteiger partial charge on any atom is 0.414 e. The maximum atomic E-state index is 12.1. The highest BCUT2D eigenvalue weighted by molar-refractivity contribution is 6.30. The van der Waals surface area contributed by atoms with Crippen LogP contribution in [0.4, 0.5) is 13.2 Å². The van der Waals surface area contributed by atoms with E-state index in [0.29, 0.717) is 10.7 Å². The molecule has 1 rings (SSSR count). The summed E-state index contributed by atoms with van der Waals surface area (Å²) in [6.07, 6.45) is -4.74. The molecule has 6 heteroatoms. The van der Waals surface area contributed by atoms with Gasteiger partial charge < -0.3 is 4.74 Å². The Morgan fingerprint density at radius 2 is 2.20 bits per heavy atom. The van der Waals surface area contributed by atoms with Gasteiger partial charge in [-0.1, -0.05) is 11.6 Å². The van der Waals surface area contributed by atoms with E-state index < -0.39 is 12.3 Å². The van der Waals surface area contributed by atoms with Gasteiger partial charge in [-0.2, -0.15) is 13.2 Å². The summed E-state index contributed by atoms with van der Waals surface area (Å²) in [5.74, 6) is 0. The molecule has 1 atom stereocenters. The molecule has 0 aliphatic rings. The van der Waals surface area contributed by atoms with Crippen molar-refractivity contribution in [2.24, 2.45) is 0 Å². The van der Waals surface area contributed by atoms with Crippen molar-refractivity contribution in [2.75, 3.05) is 0 Å². The van der Waals surface area contributed by atoms with Gasteiger partial charge in [0.2, 0.25) is 0 Å². The van der Waals surface area contributed by atoms with Gasteiger partial charge >= 0.3 is 6.18 Å². The fraction of sp³-hybridized carbons (Fsp3) is 0.444. The van der Waals surface area contributed by atoms with Crippen LogP contribution in [0.25, 0.3) is 0 Å². The highest BCUT2D eigenvalue weighted by Crippen LogP contribution is 2.23. The zero-order chi connectivity index (χ0) is 11.5. The number of halogens is 4. The Bertz CT molecular complexity index is 329. The second-order valence-corrected chi connectivity index (χ2v) is 3.40. The van der Waals surface area contributed by atoms with E-state index in [1.165, 1.54) is 18.3 Å². The van der Waals surface area contributed by atoms with Crippen molar-refractivity contribution < 1.29 is 17.9 Å². The number of rotatable bonds is 3. The molecule has 2 nitrogen and oxygen atoms in total. The van der Waals surface area contributed by atoms with E-state index in [-0.39, 0.29) is 6.61 Å². The van der Waals surface area contributed by atoms with Gasteiger partial charge in [0, 0.05) is 11.2 Å². The lowest BCUT2D eigenvalue weighted by molar-refractivity contribution is -0.217. The first-order chi connectivity index (χ1) is 6.89. The van der Waals surface area contributed by atoms with Crippen LogP contribution in [-0.2, 0) is 11.3 Å². The van der Waals surface area contributed by atoms with Gasteiger partial charge in [-0.3, -0.25) is 4.98 Å². The van der Waals surface area contributed by atoms with Gasteiger partial charge in [0.05, 0.1) is 12.3 Å². The molecule has 84 valence electrons. The van der Waals surface area contributed by atoms with Crippen molar-refractivity contribution in [1.29, 1.82) is 0 Å². The highest BCUT2D eigenvalue weighted by Gasteiger charge is 2.36. The predicted molar refractivity (Wildman–Crippen MR) is 49.6 cm³/mol. The number of aromatic nitrogens is 1. The number of hydrogen-bond donors (Lipinski definition) is 0. The van der Waals surface area contributed by atoms with E-state index >= 15 is 0 Å². The van der Waals surface area contributed by atoms with Gasteiger partial charge in [-0.25, -0.2) is 0 Å². The predicted octanol–water partition coefficient (Wildman–Crippen LogP) is 3.20. The lowest BCUT2D eigenvalue weighted by atomic mass is 10.3. The summed E-state index contributed by atoms with van der Waals surface area (Å²) < 4.78 is 40.8. The Kier molecular flexibility index (Phi) is 3.93. The lowest BCUT2D eigenvalue weighted by Gasteiger charge is -2.15. The molecule has 0 spiro atoms. The molecule has 1 heterocycles. The van der Waals surface area contributed by atoms with Crippen LogP contribution in [-0.4, -0.2) is 17.3 Å². The second-order valence-electron chi connectivity index (χ2n) is 2.96. The standard InChI is InChI=1S/C9H9ClF3NO/c1-6(9(11,12)13)15-5-8-4-7(10)2-3-14-8/h2-4,6H,5H2,1H3. The highest BCUT2D eigenvalue weighted by atomic mass is 35.5. The molecule has 0 aromatic carbocycles. The molecule has 0 aliphatic carbocycles. The molecule has 1 aromatic heterocycles. The van der Waals surface area contributed by atoms with Crippen molar-refractivity contribution in [2.45, 2.75) is 25.8 Å². The molecular formula is C9H9ClF3NO. The van der Waals surface area contributed by atoms with Crippen LogP contribution in [0.1, 0.15) is 12.6 Å². The molecule has 0 saturated carbocycles. The Morgan fingerprint density at radius 1 is 1.53 bits per heavy atom. The quantitative estimate of drug-likeness (QED) is 0.808. The number of ether oxygens (including phenoxy) is 1. The van der Waals surface area contributed by atoms with Crippen LogP contribution in [0.3, 0.4) is 0 Å². The second kappa shape index (κ2) is 4.81. The zero-order valence-corrected chi connectivity index (χ0v) is 8.64. The van der Waals surface area contributed by atoms with Gasteiger partial charge in [0.25, 0.3) is 0 Å².